The van der Waals surface area contributed by atoms with Crippen molar-refractivity contribution >= 4 is 27.6 Å². The Balaban J connectivity index is 4.22. The van der Waals surface area contributed by atoms with Crippen LogP contribution < -0.4 is 0 Å². The predicted molar refractivity (Wildman–Crippen MR) is 55.9 cm³/mol. The summed E-state index contributed by atoms with van der Waals surface area (Å²) in [4.78, 5) is 11.3. The lowest BCUT2D eigenvalue weighted by Gasteiger charge is -2.22. The lowest BCUT2D eigenvalue weighted by molar-refractivity contribution is -0.142. The molecule has 5 nitrogen and oxygen atoms in total. The van der Waals surface area contributed by atoms with E-state index in [0.717, 1.165) is 0 Å². The zero-order chi connectivity index (χ0) is 11.2. The molecule has 0 aromatic rings. The molecule has 1 atom stereocenters. The minimum absolute atomic E-state index is 0.0697. The summed E-state index contributed by atoms with van der Waals surface area (Å²) in [5.41, 5.74) is 0. The Morgan fingerprint density at radius 2 is 1.71 bits per heavy atom. The second-order valence-corrected chi connectivity index (χ2v) is 5.95. The minimum atomic E-state index is -3.23. The van der Waals surface area contributed by atoms with Gasteiger partial charge in [0, 0.05) is 26.6 Å². The normalized spacial score (nSPS) is 13.8. The van der Waals surface area contributed by atoms with Gasteiger partial charge in [-0.3, -0.25) is 4.79 Å². The summed E-state index contributed by atoms with van der Waals surface area (Å²) in [6, 6.07) is 0. The van der Waals surface area contributed by atoms with Crippen molar-refractivity contribution in [3.05, 3.63) is 0 Å². The third-order valence-corrected chi connectivity index (χ3v) is 3.61. The molecular formula is C7H16O5SSi. The van der Waals surface area contributed by atoms with Crippen LogP contribution in [-0.2, 0) is 22.5 Å². The Hall–Kier alpha value is -0.0831. The van der Waals surface area contributed by atoms with Crippen molar-refractivity contribution in [2.24, 2.45) is 0 Å². The lowest BCUT2D eigenvalue weighted by atomic mass is 10.3. The van der Waals surface area contributed by atoms with E-state index in [0.29, 0.717) is 0 Å². The molecule has 0 radical (unpaired) electrons. The molecule has 0 heterocycles. The first-order valence-electron chi connectivity index (χ1n) is 4.05. The summed E-state index contributed by atoms with van der Waals surface area (Å²) in [7, 11) is 0.884. The van der Waals surface area contributed by atoms with Gasteiger partial charge >= 0.3 is 9.05 Å². The van der Waals surface area contributed by atoms with E-state index < -0.39 is 15.0 Å². The molecule has 0 amide bonds. The van der Waals surface area contributed by atoms with E-state index >= 15 is 0 Å². The summed E-state index contributed by atoms with van der Waals surface area (Å²) in [6.45, 7) is 1.79. The smallest absolute Gasteiger partial charge is 0.452 e. The summed E-state index contributed by atoms with van der Waals surface area (Å²) in [5, 5.41) is -0.0697. The Kier molecular flexibility index (Phi) is 6.37. The molecule has 0 spiro atoms. The van der Waals surface area contributed by atoms with Crippen LogP contribution in [0, 0.1) is 0 Å². The highest BCUT2D eigenvalue weighted by Crippen LogP contribution is 2.11. The fraction of sp³-hybridized carbons (Fsp3) is 0.857. The largest absolute Gasteiger partial charge is 0.750 e. The molecule has 0 aliphatic heterocycles. The topological polar surface area (TPSA) is 54.0 Å². The van der Waals surface area contributed by atoms with Gasteiger partial charge in [-0.2, -0.15) is 12.6 Å². The van der Waals surface area contributed by atoms with Crippen molar-refractivity contribution in [3.8, 4) is 0 Å². The van der Waals surface area contributed by atoms with Crippen molar-refractivity contribution in [1.29, 1.82) is 0 Å². The molecule has 0 aliphatic rings. The van der Waals surface area contributed by atoms with Crippen molar-refractivity contribution in [1.82, 2.24) is 0 Å². The first-order valence-corrected chi connectivity index (χ1v) is 6.20. The van der Waals surface area contributed by atoms with E-state index in [2.05, 4.69) is 12.6 Å². The fourth-order valence-electron chi connectivity index (χ4n) is 0.797. The maximum Gasteiger partial charge on any atom is 0.750 e. The van der Waals surface area contributed by atoms with Gasteiger partial charge in [0.1, 0.15) is 0 Å². The highest BCUT2D eigenvalue weighted by atomic mass is 32.1. The first kappa shape index (κ1) is 13.9. The molecule has 0 saturated heterocycles. The molecule has 84 valence electrons. The van der Waals surface area contributed by atoms with Gasteiger partial charge in [0.05, 0.1) is 6.42 Å². The van der Waals surface area contributed by atoms with Crippen LogP contribution in [0.15, 0.2) is 0 Å². The number of rotatable bonds is 6. The van der Waals surface area contributed by atoms with Crippen LogP contribution in [-0.4, -0.2) is 41.6 Å². The van der Waals surface area contributed by atoms with Crippen molar-refractivity contribution in [2.75, 3.05) is 21.3 Å². The van der Waals surface area contributed by atoms with Gasteiger partial charge in [0.15, 0.2) is 0 Å². The number of carbonyl (C=O) groups is 1. The van der Waals surface area contributed by atoms with Crippen LogP contribution in [0.2, 0.25) is 0 Å². The molecule has 0 aromatic heterocycles. The van der Waals surface area contributed by atoms with Gasteiger partial charge in [-0.15, -0.1) is 0 Å². The SMILES string of the molecule is CO[Si](OC)(OC)OC(=O)CC(C)S. The molecule has 0 saturated carbocycles. The van der Waals surface area contributed by atoms with Crippen molar-refractivity contribution in [3.63, 3.8) is 0 Å². The molecule has 14 heavy (non-hydrogen) atoms. The molecule has 0 rings (SSSR count). The van der Waals surface area contributed by atoms with E-state index in [1.165, 1.54) is 21.3 Å². The molecule has 0 aliphatic carbocycles. The molecule has 1 unspecified atom stereocenters. The van der Waals surface area contributed by atoms with Crippen molar-refractivity contribution < 1.29 is 22.5 Å². The molecule has 7 heteroatoms. The quantitative estimate of drug-likeness (QED) is 0.544. The van der Waals surface area contributed by atoms with Crippen LogP contribution in [0.1, 0.15) is 13.3 Å². The van der Waals surface area contributed by atoms with Crippen LogP contribution in [0.25, 0.3) is 0 Å². The minimum Gasteiger partial charge on any atom is -0.452 e. The number of carbonyl (C=O) groups excluding carboxylic acids is 1. The van der Waals surface area contributed by atoms with Gasteiger partial charge in [-0.25, -0.2) is 0 Å². The first-order chi connectivity index (χ1) is 6.49. The number of thiol groups is 1. The Labute approximate surface area is 90.6 Å². The highest BCUT2D eigenvalue weighted by molar-refractivity contribution is 7.80. The van der Waals surface area contributed by atoms with Crippen LogP contribution >= 0.6 is 12.6 Å². The van der Waals surface area contributed by atoms with Gasteiger partial charge in [-0.05, 0) is 0 Å². The summed E-state index contributed by atoms with van der Waals surface area (Å²) >= 11 is 4.07. The van der Waals surface area contributed by atoms with E-state index in [-0.39, 0.29) is 11.7 Å². The zero-order valence-corrected chi connectivity index (χ0v) is 10.7. The second kappa shape index (κ2) is 6.41. The molecule has 0 bridgehead atoms. The van der Waals surface area contributed by atoms with E-state index in [1.807, 2.05) is 0 Å². The molecule has 0 aromatic carbocycles. The van der Waals surface area contributed by atoms with Gasteiger partial charge in [0.25, 0.3) is 5.97 Å². The number of hydrogen-bond acceptors (Lipinski definition) is 6. The average Bonchev–Trinajstić information content (AvgIpc) is 2.13. The molecule has 0 N–H and O–H groups in total. The van der Waals surface area contributed by atoms with E-state index in [1.54, 1.807) is 6.92 Å². The summed E-state index contributed by atoms with van der Waals surface area (Å²) < 4.78 is 19.7. The maximum atomic E-state index is 11.3. The highest BCUT2D eigenvalue weighted by Gasteiger charge is 2.46. The maximum absolute atomic E-state index is 11.3. The molecule has 0 fully saturated rings. The third kappa shape index (κ3) is 4.42. The Morgan fingerprint density at radius 1 is 1.29 bits per heavy atom. The van der Waals surface area contributed by atoms with Gasteiger partial charge < -0.3 is 17.7 Å². The average molecular weight is 240 g/mol. The molecular weight excluding hydrogens is 224 g/mol. The Bertz CT molecular complexity index is 175. The van der Waals surface area contributed by atoms with Crippen LogP contribution in [0.3, 0.4) is 0 Å². The summed E-state index contributed by atoms with van der Waals surface area (Å²) in [5.74, 6) is -0.440. The van der Waals surface area contributed by atoms with Crippen LogP contribution in [0.5, 0.6) is 0 Å². The third-order valence-electron chi connectivity index (χ3n) is 1.45. The van der Waals surface area contributed by atoms with Crippen molar-refractivity contribution in [2.45, 2.75) is 18.6 Å². The van der Waals surface area contributed by atoms with E-state index in [4.69, 9.17) is 17.7 Å². The fourth-order valence-corrected chi connectivity index (χ4v) is 2.06. The Morgan fingerprint density at radius 3 is 2.00 bits per heavy atom. The predicted octanol–water partition coefficient (Wildman–Crippen LogP) is 0.613. The lowest BCUT2D eigenvalue weighted by Crippen LogP contribution is -2.48. The summed E-state index contributed by atoms with van der Waals surface area (Å²) in [6.07, 6.45) is 0.188. The van der Waals surface area contributed by atoms with Gasteiger partial charge in [-0.1, -0.05) is 6.92 Å². The zero-order valence-electron chi connectivity index (χ0n) is 8.77. The van der Waals surface area contributed by atoms with Crippen LogP contribution in [0.4, 0.5) is 0 Å². The van der Waals surface area contributed by atoms with E-state index in [9.17, 15) is 4.79 Å². The monoisotopic (exact) mass is 240 g/mol. The van der Waals surface area contributed by atoms with Gasteiger partial charge in [0.2, 0.25) is 0 Å². The second-order valence-electron chi connectivity index (χ2n) is 2.64. The number of hydrogen-bond donors (Lipinski definition) is 1. The standard InChI is InChI=1S/C7H16O5SSi/c1-6(13)5-7(8)12-14(9-2,10-3)11-4/h6,13H,5H2,1-4H3.